The van der Waals surface area contributed by atoms with Crippen molar-refractivity contribution in [1.29, 1.82) is 5.26 Å². The van der Waals surface area contributed by atoms with Crippen LogP contribution in [-0.2, 0) is 4.79 Å². The Labute approximate surface area is 78.6 Å². The molecule has 0 aliphatic heterocycles. The van der Waals surface area contributed by atoms with Crippen molar-refractivity contribution in [3.63, 3.8) is 0 Å². The zero-order valence-corrected chi connectivity index (χ0v) is 7.08. The number of hydrogen-bond donors (Lipinski definition) is 1. The Morgan fingerprint density at radius 2 is 2.38 bits per heavy atom. The molecule has 0 aliphatic carbocycles. The molecule has 66 valence electrons. The molecule has 0 fully saturated rings. The maximum Gasteiger partial charge on any atom is 0.346 e. The van der Waals surface area contributed by atoms with E-state index in [-0.39, 0.29) is 11.0 Å². The lowest BCUT2D eigenvalue weighted by Gasteiger charge is -1.87. The van der Waals surface area contributed by atoms with E-state index >= 15 is 0 Å². The van der Waals surface area contributed by atoms with Gasteiger partial charge in [-0.25, -0.2) is 4.79 Å². The van der Waals surface area contributed by atoms with Crippen LogP contribution in [0.3, 0.4) is 0 Å². The number of hydrogen-bond acceptors (Lipinski definition) is 3. The van der Waals surface area contributed by atoms with Gasteiger partial charge in [0.05, 0.1) is 0 Å². The topological polar surface area (TPSA) is 74.2 Å². The van der Waals surface area contributed by atoms with Gasteiger partial charge < -0.3 is 9.52 Å². The van der Waals surface area contributed by atoms with Crippen molar-refractivity contribution >= 4 is 23.6 Å². The summed E-state index contributed by atoms with van der Waals surface area (Å²) in [5.74, 6) is -1.06. The highest BCUT2D eigenvalue weighted by Gasteiger charge is 2.07. The maximum atomic E-state index is 10.4. The number of nitrogens with zero attached hydrogens (tertiary/aromatic N) is 1. The predicted molar refractivity (Wildman–Crippen MR) is 44.9 cm³/mol. The first-order valence-electron chi connectivity index (χ1n) is 3.24. The molecule has 4 nitrogen and oxygen atoms in total. The van der Waals surface area contributed by atoms with E-state index in [1.54, 1.807) is 0 Å². The summed E-state index contributed by atoms with van der Waals surface area (Å²) < 4.78 is 4.84. The van der Waals surface area contributed by atoms with E-state index in [0.29, 0.717) is 0 Å². The number of aliphatic carboxylic acids is 1. The van der Waals surface area contributed by atoms with E-state index in [4.69, 9.17) is 26.4 Å². The van der Waals surface area contributed by atoms with E-state index in [1.165, 1.54) is 18.2 Å². The Balaban J connectivity index is 3.00. The molecule has 5 heteroatoms. The van der Waals surface area contributed by atoms with Crippen LogP contribution in [0, 0.1) is 11.3 Å². The van der Waals surface area contributed by atoms with Crippen LogP contribution >= 0.6 is 11.6 Å². The van der Waals surface area contributed by atoms with Gasteiger partial charge in [0.15, 0.2) is 5.22 Å². The third-order valence-corrected chi connectivity index (χ3v) is 1.43. The monoisotopic (exact) mass is 197 g/mol. The van der Waals surface area contributed by atoms with Crippen LogP contribution in [0.2, 0.25) is 5.22 Å². The van der Waals surface area contributed by atoms with Gasteiger partial charge in [-0.1, -0.05) is 0 Å². The molecule has 0 saturated carbocycles. The van der Waals surface area contributed by atoms with Crippen LogP contribution in [0.5, 0.6) is 0 Å². The molecule has 0 spiro atoms. The molecule has 1 heterocycles. The Bertz CT molecular complexity index is 400. The zero-order valence-electron chi connectivity index (χ0n) is 6.32. The smallest absolute Gasteiger partial charge is 0.346 e. The van der Waals surface area contributed by atoms with Crippen molar-refractivity contribution < 1.29 is 14.3 Å². The van der Waals surface area contributed by atoms with E-state index in [0.717, 1.165) is 6.08 Å². The number of carbonyl (C=O) groups is 1. The lowest BCUT2D eigenvalue weighted by atomic mass is 10.2. The summed E-state index contributed by atoms with van der Waals surface area (Å²) >= 11 is 5.44. The average Bonchev–Trinajstić information content (AvgIpc) is 2.46. The van der Waals surface area contributed by atoms with Crippen LogP contribution in [0.1, 0.15) is 5.76 Å². The first-order valence-corrected chi connectivity index (χ1v) is 3.61. The molecule has 0 atom stereocenters. The number of carboxylic acid groups (broad SMARTS) is 1. The summed E-state index contributed by atoms with van der Waals surface area (Å²) in [6, 6.07) is 4.46. The van der Waals surface area contributed by atoms with E-state index in [2.05, 4.69) is 0 Å². The lowest BCUT2D eigenvalue weighted by molar-refractivity contribution is -0.132. The summed E-state index contributed by atoms with van der Waals surface area (Å²) in [7, 11) is 0. The molecule has 0 bridgehead atoms. The molecule has 0 aromatic carbocycles. The predicted octanol–water partition coefficient (Wildman–Crippen LogP) is 1.92. The van der Waals surface area contributed by atoms with Gasteiger partial charge >= 0.3 is 5.97 Å². The molecule has 0 radical (unpaired) electrons. The Morgan fingerprint density at radius 1 is 1.69 bits per heavy atom. The fourth-order valence-corrected chi connectivity index (χ4v) is 0.842. The number of rotatable bonds is 2. The highest BCUT2D eigenvalue weighted by molar-refractivity contribution is 6.28. The van der Waals surface area contributed by atoms with E-state index in [9.17, 15) is 4.79 Å². The van der Waals surface area contributed by atoms with Crippen molar-refractivity contribution in [1.82, 2.24) is 0 Å². The van der Waals surface area contributed by atoms with Gasteiger partial charge in [-0.2, -0.15) is 5.26 Å². The number of carboxylic acids is 1. The molecule has 0 saturated heterocycles. The minimum atomic E-state index is -1.30. The molecule has 1 rings (SSSR count). The zero-order chi connectivity index (χ0) is 9.84. The normalized spacial score (nSPS) is 10.9. The fraction of sp³-hybridized carbons (Fsp3) is 0. The second-order valence-electron chi connectivity index (χ2n) is 2.12. The Morgan fingerprint density at radius 3 is 2.77 bits per heavy atom. The highest BCUT2D eigenvalue weighted by Crippen LogP contribution is 2.15. The number of halogens is 1. The first-order chi connectivity index (χ1) is 6.13. The van der Waals surface area contributed by atoms with E-state index < -0.39 is 11.5 Å². The molecule has 1 aromatic heterocycles. The van der Waals surface area contributed by atoms with E-state index in [1.807, 2.05) is 0 Å². The van der Waals surface area contributed by atoms with Crippen LogP contribution in [-0.4, -0.2) is 11.1 Å². The molecule has 1 N–H and O–H groups in total. The molecular weight excluding hydrogens is 194 g/mol. The highest BCUT2D eigenvalue weighted by atomic mass is 35.5. The lowest BCUT2D eigenvalue weighted by Crippen LogP contribution is -1.96. The van der Waals surface area contributed by atoms with Crippen LogP contribution in [0.25, 0.3) is 6.08 Å². The van der Waals surface area contributed by atoms with Gasteiger partial charge in [0.25, 0.3) is 0 Å². The quantitative estimate of drug-likeness (QED) is 0.581. The van der Waals surface area contributed by atoms with Gasteiger partial charge in [-0.05, 0) is 23.7 Å². The first kappa shape index (κ1) is 9.36. The summed E-state index contributed by atoms with van der Waals surface area (Å²) in [6.45, 7) is 0. The standard InChI is InChI=1S/C8H4ClNO3/c9-7-2-1-6(13-7)3-5(4-10)8(11)12/h1-3H,(H,11,12). The molecule has 0 aliphatic rings. The van der Waals surface area contributed by atoms with Crippen LogP contribution < -0.4 is 0 Å². The molecular formula is C8H4ClNO3. The van der Waals surface area contributed by atoms with Gasteiger partial charge in [0, 0.05) is 6.08 Å². The summed E-state index contributed by atoms with van der Waals surface area (Å²) in [5, 5.41) is 17.0. The minimum absolute atomic E-state index is 0.147. The molecule has 13 heavy (non-hydrogen) atoms. The summed E-state index contributed by atoms with van der Waals surface area (Å²) in [5.41, 5.74) is -0.397. The van der Waals surface area contributed by atoms with Gasteiger partial charge in [0.2, 0.25) is 0 Å². The van der Waals surface area contributed by atoms with Gasteiger partial charge in [-0.15, -0.1) is 0 Å². The van der Waals surface area contributed by atoms with Gasteiger partial charge in [0.1, 0.15) is 17.4 Å². The average molecular weight is 198 g/mol. The van der Waals surface area contributed by atoms with Crippen molar-refractivity contribution in [3.05, 3.63) is 28.7 Å². The largest absolute Gasteiger partial charge is 0.477 e. The third-order valence-electron chi connectivity index (χ3n) is 1.23. The molecule has 1 aromatic rings. The van der Waals surface area contributed by atoms with Crippen LogP contribution in [0.15, 0.2) is 22.1 Å². The van der Waals surface area contributed by atoms with Crippen molar-refractivity contribution in [2.75, 3.05) is 0 Å². The summed E-state index contributed by atoms with van der Waals surface area (Å²) in [6.07, 6.45) is 1.11. The number of furan rings is 1. The van der Waals surface area contributed by atoms with Crippen molar-refractivity contribution in [2.24, 2.45) is 0 Å². The SMILES string of the molecule is N#CC(=Cc1ccc(Cl)o1)C(=O)O. The second-order valence-corrected chi connectivity index (χ2v) is 2.49. The fourth-order valence-electron chi connectivity index (χ4n) is 0.690. The maximum absolute atomic E-state index is 10.4. The minimum Gasteiger partial charge on any atom is -0.477 e. The van der Waals surface area contributed by atoms with Crippen molar-refractivity contribution in [3.8, 4) is 6.07 Å². The third kappa shape index (κ3) is 2.36. The van der Waals surface area contributed by atoms with Gasteiger partial charge in [-0.3, -0.25) is 0 Å². The number of nitriles is 1. The molecule has 0 unspecified atom stereocenters. The Hall–Kier alpha value is -1.73. The summed E-state index contributed by atoms with van der Waals surface area (Å²) in [4.78, 5) is 10.4. The van der Waals surface area contributed by atoms with Crippen LogP contribution in [0.4, 0.5) is 0 Å². The molecule has 0 amide bonds. The van der Waals surface area contributed by atoms with Crippen molar-refractivity contribution in [2.45, 2.75) is 0 Å². The Kier molecular flexibility index (Phi) is 2.72. The second kappa shape index (κ2) is 3.78.